The number of hydrogen-bond donors (Lipinski definition) is 2. The first-order chi connectivity index (χ1) is 16.0. The normalized spacial score (nSPS) is 14.9. The van der Waals surface area contributed by atoms with Gasteiger partial charge in [-0.15, -0.1) is 10.2 Å². The van der Waals surface area contributed by atoms with Crippen LogP contribution in [0.25, 0.3) is 39.1 Å². The second-order valence-corrected chi connectivity index (χ2v) is 8.66. The maximum absolute atomic E-state index is 12.0. The molecule has 0 atom stereocenters. The topological polar surface area (TPSA) is 112 Å². The Hall–Kier alpha value is -4.10. The third-order valence-corrected chi connectivity index (χ3v) is 6.63. The highest BCUT2D eigenvalue weighted by molar-refractivity contribution is 5.95. The number of carbonyl (C=O) groups excluding carboxylic acids is 1. The quantitative estimate of drug-likeness (QED) is 0.443. The van der Waals surface area contributed by atoms with Crippen LogP contribution in [-0.2, 0) is 5.54 Å². The van der Waals surface area contributed by atoms with Crippen molar-refractivity contribution in [2.45, 2.75) is 24.8 Å². The van der Waals surface area contributed by atoms with E-state index in [0.29, 0.717) is 5.65 Å². The second kappa shape index (κ2) is 7.21. The molecule has 33 heavy (non-hydrogen) atoms. The van der Waals surface area contributed by atoms with Crippen molar-refractivity contribution < 1.29 is 4.79 Å². The zero-order valence-corrected chi connectivity index (χ0v) is 17.9. The lowest BCUT2D eigenvalue weighted by Gasteiger charge is -2.38. The smallest absolute Gasteiger partial charge is 0.287 e. The van der Waals surface area contributed by atoms with Crippen molar-refractivity contribution in [1.29, 1.82) is 0 Å². The Kier molecular flexibility index (Phi) is 4.28. The summed E-state index contributed by atoms with van der Waals surface area (Å²) < 4.78 is 1.67. The Morgan fingerprint density at radius 1 is 0.909 bits per heavy atom. The summed E-state index contributed by atoms with van der Waals surface area (Å²) in [5, 5.41) is 8.06. The van der Waals surface area contributed by atoms with Gasteiger partial charge in [0.15, 0.2) is 5.65 Å². The molecule has 7 heteroatoms. The van der Waals surface area contributed by atoms with Crippen molar-refractivity contribution in [3.8, 4) is 22.4 Å². The van der Waals surface area contributed by atoms with E-state index in [1.807, 2.05) is 42.5 Å². The van der Waals surface area contributed by atoms with E-state index in [0.717, 1.165) is 51.8 Å². The Labute approximate surface area is 190 Å². The van der Waals surface area contributed by atoms with E-state index in [4.69, 9.17) is 16.5 Å². The molecule has 1 aliphatic carbocycles. The molecule has 1 saturated carbocycles. The Morgan fingerprint density at radius 3 is 2.33 bits per heavy atom. The van der Waals surface area contributed by atoms with Crippen molar-refractivity contribution in [3.63, 3.8) is 0 Å². The maximum Gasteiger partial charge on any atom is 0.287 e. The minimum Gasteiger partial charge on any atom is -0.363 e. The molecule has 0 unspecified atom stereocenters. The SMILES string of the molecule is NC(=O)c1nnc2ccc3nc(-c4ccc(C5(N)CCC5)cc4)c(-c4ccccc4)cc3n12. The lowest BCUT2D eigenvalue weighted by Crippen LogP contribution is -2.43. The molecular weight excluding hydrogens is 412 g/mol. The predicted octanol–water partition coefficient (Wildman–Crippen LogP) is 4.05. The van der Waals surface area contributed by atoms with Crippen LogP contribution >= 0.6 is 0 Å². The van der Waals surface area contributed by atoms with Crippen LogP contribution in [0, 0.1) is 0 Å². The first-order valence-corrected chi connectivity index (χ1v) is 11.0. The summed E-state index contributed by atoms with van der Waals surface area (Å²) in [6.07, 6.45) is 3.22. The Balaban J connectivity index is 1.60. The molecule has 1 aliphatic rings. The average molecular weight is 435 g/mol. The van der Waals surface area contributed by atoms with Crippen molar-refractivity contribution in [2.24, 2.45) is 11.5 Å². The summed E-state index contributed by atoms with van der Waals surface area (Å²) in [4.78, 5) is 17.0. The summed E-state index contributed by atoms with van der Waals surface area (Å²) in [6, 6.07) is 24.2. The lowest BCUT2D eigenvalue weighted by atomic mass is 9.72. The molecule has 3 heterocycles. The molecule has 0 aliphatic heterocycles. The number of amides is 1. The zero-order chi connectivity index (χ0) is 22.6. The van der Waals surface area contributed by atoms with E-state index < -0.39 is 5.91 Å². The molecule has 6 rings (SSSR count). The molecular formula is C26H22N6O. The van der Waals surface area contributed by atoms with Crippen LogP contribution in [0.15, 0.2) is 72.8 Å². The van der Waals surface area contributed by atoms with Gasteiger partial charge in [0.1, 0.15) is 0 Å². The molecule has 1 amide bonds. The van der Waals surface area contributed by atoms with Crippen molar-refractivity contribution in [1.82, 2.24) is 19.6 Å². The number of rotatable bonds is 4. The third-order valence-electron chi connectivity index (χ3n) is 6.63. The summed E-state index contributed by atoms with van der Waals surface area (Å²) in [7, 11) is 0. The molecule has 0 saturated heterocycles. The summed E-state index contributed by atoms with van der Waals surface area (Å²) in [5.41, 5.74) is 18.8. The second-order valence-electron chi connectivity index (χ2n) is 8.66. The standard InChI is InChI=1S/C26H22N6O/c27-24(33)25-31-30-22-12-11-20-21(32(22)25)15-19(16-5-2-1-3-6-16)23(29-20)17-7-9-18(10-8-17)26(28)13-4-14-26/h1-3,5-12,15H,4,13-14,28H2,(H2,27,33). The van der Waals surface area contributed by atoms with Gasteiger partial charge in [-0.05, 0) is 48.6 Å². The van der Waals surface area contributed by atoms with Gasteiger partial charge in [-0.25, -0.2) is 4.98 Å². The van der Waals surface area contributed by atoms with Gasteiger partial charge < -0.3 is 11.5 Å². The van der Waals surface area contributed by atoms with Gasteiger partial charge in [-0.3, -0.25) is 9.20 Å². The van der Waals surface area contributed by atoms with Crippen molar-refractivity contribution >= 4 is 22.6 Å². The van der Waals surface area contributed by atoms with Crippen LogP contribution in [0.5, 0.6) is 0 Å². The Morgan fingerprint density at radius 2 is 1.67 bits per heavy atom. The molecule has 4 N–H and O–H groups in total. The van der Waals surface area contributed by atoms with E-state index in [1.165, 1.54) is 6.42 Å². The average Bonchev–Trinajstić information content (AvgIpc) is 3.27. The molecule has 7 nitrogen and oxygen atoms in total. The summed E-state index contributed by atoms with van der Waals surface area (Å²) in [5.74, 6) is -0.551. The lowest BCUT2D eigenvalue weighted by molar-refractivity contribution is 0.0989. The Bertz CT molecular complexity index is 1520. The van der Waals surface area contributed by atoms with E-state index in [2.05, 4.69) is 34.5 Å². The first-order valence-electron chi connectivity index (χ1n) is 11.0. The molecule has 162 valence electrons. The fourth-order valence-corrected chi connectivity index (χ4v) is 4.64. The largest absolute Gasteiger partial charge is 0.363 e. The maximum atomic E-state index is 12.0. The van der Waals surface area contributed by atoms with Gasteiger partial charge in [-0.1, -0.05) is 54.6 Å². The van der Waals surface area contributed by atoms with Gasteiger partial charge >= 0.3 is 0 Å². The predicted molar refractivity (Wildman–Crippen MR) is 127 cm³/mol. The number of benzene rings is 2. The van der Waals surface area contributed by atoms with E-state index in [-0.39, 0.29) is 11.4 Å². The minimum absolute atomic E-state index is 0.0854. The van der Waals surface area contributed by atoms with Crippen LogP contribution in [0.1, 0.15) is 35.4 Å². The molecule has 3 aromatic heterocycles. The van der Waals surface area contributed by atoms with Crippen LogP contribution in [-0.4, -0.2) is 25.5 Å². The van der Waals surface area contributed by atoms with Gasteiger partial charge in [0, 0.05) is 16.7 Å². The van der Waals surface area contributed by atoms with Gasteiger partial charge in [-0.2, -0.15) is 0 Å². The highest BCUT2D eigenvalue weighted by atomic mass is 16.1. The van der Waals surface area contributed by atoms with Crippen LogP contribution in [0.4, 0.5) is 0 Å². The molecule has 2 aromatic carbocycles. The van der Waals surface area contributed by atoms with Crippen LogP contribution in [0.2, 0.25) is 0 Å². The number of fused-ring (bicyclic) bond motifs is 3. The van der Waals surface area contributed by atoms with E-state index in [9.17, 15) is 4.79 Å². The van der Waals surface area contributed by atoms with Gasteiger partial charge in [0.05, 0.1) is 16.7 Å². The van der Waals surface area contributed by atoms with Crippen molar-refractivity contribution in [2.75, 3.05) is 0 Å². The zero-order valence-electron chi connectivity index (χ0n) is 17.9. The fourth-order valence-electron chi connectivity index (χ4n) is 4.64. The van der Waals surface area contributed by atoms with E-state index in [1.54, 1.807) is 10.5 Å². The number of primary amides is 1. The van der Waals surface area contributed by atoms with Gasteiger partial charge in [0.25, 0.3) is 5.91 Å². The van der Waals surface area contributed by atoms with Gasteiger partial charge in [0.2, 0.25) is 5.82 Å². The number of nitrogens with zero attached hydrogens (tertiary/aromatic N) is 4. The molecule has 0 spiro atoms. The molecule has 1 fully saturated rings. The summed E-state index contributed by atoms with van der Waals surface area (Å²) >= 11 is 0. The number of pyridine rings is 2. The number of nitrogens with two attached hydrogens (primary N) is 2. The van der Waals surface area contributed by atoms with E-state index >= 15 is 0 Å². The van der Waals surface area contributed by atoms with Crippen LogP contribution < -0.4 is 11.5 Å². The number of carbonyl (C=O) groups is 1. The third kappa shape index (κ3) is 3.08. The first kappa shape index (κ1) is 19.6. The van der Waals surface area contributed by atoms with Crippen molar-refractivity contribution in [3.05, 3.63) is 84.2 Å². The minimum atomic E-state index is -0.636. The highest BCUT2D eigenvalue weighted by Crippen LogP contribution is 2.40. The molecule has 0 radical (unpaired) electrons. The summed E-state index contributed by atoms with van der Waals surface area (Å²) in [6.45, 7) is 0. The number of hydrogen-bond acceptors (Lipinski definition) is 5. The van der Waals surface area contributed by atoms with Crippen LogP contribution in [0.3, 0.4) is 0 Å². The fraction of sp³-hybridized carbons (Fsp3) is 0.154. The molecule has 0 bridgehead atoms. The molecule has 5 aromatic rings. The monoisotopic (exact) mass is 434 g/mol. The highest BCUT2D eigenvalue weighted by Gasteiger charge is 2.34. The number of aromatic nitrogens is 4.